The van der Waals surface area contributed by atoms with Crippen molar-refractivity contribution in [3.8, 4) is 11.5 Å². The van der Waals surface area contributed by atoms with Crippen LogP contribution in [0.15, 0.2) is 66.7 Å². The number of nitrogens with zero attached hydrogens (tertiary/aromatic N) is 2. The number of amides is 2. The first-order valence-electron chi connectivity index (χ1n) is 15.1. The van der Waals surface area contributed by atoms with Crippen LogP contribution in [-0.2, 0) is 32.6 Å². The van der Waals surface area contributed by atoms with Gasteiger partial charge in [-0.25, -0.2) is 8.42 Å². The fourth-order valence-corrected chi connectivity index (χ4v) is 7.25. The number of hydrogen-bond acceptors (Lipinski definition) is 6. The van der Waals surface area contributed by atoms with E-state index in [0.717, 1.165) is 35.6 Å². The molecule has 2 amide bonds. The van der Waals surface area contributed by atoms with E-state index in [1.165, 1.54) is 11.8 Å². The fourth-order valence-electron chi connectivity index (χ4n) is 5.68. The Morgan fingerprint density at radius 3 is 2.27 bits per heavy atom. The second-order valence-electron chi connectivity index (χ2n) is 11.2. The second-order valence-corrected chi connectivity index (χ2v) is 14.1. The molecule has 5 rings (SSSR count). The van der Waals surface area contributed by atoms with Crippen molar-refractivity contribution in [2.75, 3.05) is 29.8 Å². The van der Waals surface area contributed by atoms with Crippen molar-refractivity contribution in [2.24, 2.45) is 0 Å². The third-order valence-corrected chi connectivity index (χ3v) is 10.6. The monoisotopic (exact) mass is 673 g/mol. The first-order valence-corrected chi connectivity index (χ1v) is 17.5. The zero-order valence-electron chi connectivity index (χ0n) is 25.1. The number of anilines is 1. The van der Waals surface area contributed by atoms with Gasteiger partial charge >= 0.3 is 0 Å². The lowest BCUT2D eigenvalue weighted by Crippen LogP contribution is -2.54. The van der Waals surface area contributed by atoms with Gasteiger partial charge in [-0.05, 0) is 49.6 Å². The maximum absolute atomic E-state index is 14.5. The van der Waals surface area contributed by atoms with E-state index in [0.29, 0.717) is 40.3 Å². The van der Waals surface area contributed by atoms with Crippen molar-refractivity contribution in [2.45, 2.75) is 57.7 Å². The standard InChI is InChI=1S/C33H37Cl2N3O6S/c1-2-45(41,42)38(25-15-16-30-31(20-25)44-18-17-43-30)22-32(39)37(21-26-27(34)13-8-14-28(26)35)29(19-23-9-4-3-5-10-23)33(40)36-24-11-6-7-12-24/h3-5,8-10,13-16,20,24,29H,2,6-7,11-12,17-19,21-22H2,1H3,(H,36,40)/t29-/m0/s1. The number of hydrogen-bond donors (Lipinski definition) is 1. The van der Waals surface area contributed by atoms with E-state index in [-0.39, 0.29) is 36.4 Å². The summed E-state index contributed by atoms with van der Waals surface area (Å²) in [5.41, 5.74) is 1.56. The molecule has 1 N–H and O–H groups in total. The van der Waals surface area contributed by atoms with E-state index < -0.39 is 28.5 Å². The lowest BCUT2D eigenvalue weighted by Gasteiger charge is -2.34. The summed E-state index contributed by atoms with van der Waals surface area (Å²) in [7, 11) is -3.94. The number of nitrogens with one attached hydrogen (secondary N) is 1. The largest absolute Gasteiger partial charge is 0.486 e. The minimum absolute atomic E-state index is 0.00584. The summed E-state index contributed by atoms with van der Waals surface area (Å²) in [5, 5.41) is 3.82. The van der Waals surface area contributed by atoms with Gasteiger partial charge in [0, 0.05) is 40.7 Å². The Labute approximate surface area is 274 Å². The van der Waals surface area contributed by atoms with Crippen LogP contribution in [-0.4, -0.2) is 62.7 Å². The molecule has 1 aliphatic heterocycles. The molecule has 240 valence electrons. The minimum Gasteiger partial charge on any atom is -0.486 e. The zero-order chi connectivity index (χ0) is 32.0. The molecule has 0 bridgehead atoms. The molecule has 1 fully saturated rings. The molecule has 0 saturated heterocycles. The third-order valence-electron chi connectivity index (χ3n) is 8.16. The van der Waals surface area contributed by atoms with E-state index in [9.17, 15) is 18.0 Å². The predicted molar refractivity (Wildman–Crippen MR) is 176 cm³/mol. The molecule has 3 aromatic rings. The third kappa shape index (κ3) is 8.04. The van der Waals surface area contributed by atoms with Crippen molar-refractivity contribution >= 4 is 50.7 Å². The number of halogens is 2. The van der Waals surface area contributed by atoms with Gasteiger partial charge in [0.1, 0.15) is 25.8 Å². The number of rotatable bonds is 12. The zero-order valence-corrected chi connectivity index (χ0v) is 27.4. The summed E-state index contributed by atoms with van der Waals surface area (Å²) in [4.78, 5) is 29.9. The van der Waals surface area contributed by atoms with Crippen LogP contribution in [0.4, 0.5) is 5.69 Å². The average Bonchev–Trinajstić information content (AvgIpc) is 3.56. The minimum atomic E-state index is -3.94. The first-order chi connectivity index (χ1) is 21.7. The average molecular weight is 675 g/mol. The molecular formula is C33H37Cl2N3O6S. The van der Waals surface area contributed by atoms with Crippen molar-refractivity contribution < 1.29 is 27.5 Å². The molecular weight excluding hydrogens is 637 g/mol. The summed E-state index contributed by atoms with van der Waals surface area (Å²) >= 11 is 13.1. The van der Waals surface area contributed by atoms with Crippen molar-refractivity contribution in [1.29, 1.82) is 0 Å². The highest BCUT2D eigenvalue weighted by molar-refractivity contribution is 7.92. The topological polar surface area (TPSA) is 105 Å². The molecule has 12 heteroatoms. The molecule has 1 saturated carbocycles. The molecule has 3 aromatic carbocycles. The Kier molecular flexibility index (Phi) is 10.8. The Hall–Kier alpha value is -3.47. The highest BCUT2D eigenvalue weighted by Gasteiger charge is 2.35. The summed E-state index contributed by atoms with van der Waals surface area (Å²) in [6.45, 7) is 1.56. The second kappa shape index (κ2) is 14.7. The van der Waals surface area contributed by atoms with Gasteiger partial charge < -0.3 is 19.7 Å². The first kappa shape index (κ1) is 32.9. The number of fused-ring (bicyclic) bond motifs is 1. The maximum Gasteiger partial charge on any atom is 0.244 e. The van der Waals surface area contributed by atoms with Crippen LogP contribution in [0.1, 0.15) is 43.7 Å². The molecule has 1 atom stereocenters. The van der Waals surface area contributed by atoms with E-state index in [1.54, 1.807) is 36.4 Å². The Balaban J connectivity index is 1.55. The quantitative estimate of drug-likeness (QED) is 0.268. The Morgan fingerprint density at radius 1 is 0.933 bits per heavy atom. The molecule has 0 aromatic heterocycles. The van der Waals surface area contributed by atoms with Gasteiger partial charge in [0.05, 0.1) is 11.4 Å². The van der Waals surface area contributed by atoms with E-state index in [2.05, 4.69) is 5.32 Å². The SMILES string of the molecule is CCS(=O)(=O)N(CC(=O)N(Cc1c(Cl)cccc1Cl)[C@@H](Cc1ccccc1)C(=O)NC1CCCC1)c1ccc2c(c1)OCCO2. The van der Waals surface area contributed by atoms with Gasteiger partial charge in [-0.3, -0.25) is 13.9 Å². The van der Waals surface area contributed by atoms with Crippen molar-refractivity contribution in [1.82, 2.24) is 10.2 Å². The highest BCUT2D eigenvalue weighted by atomic mass is 35.5. The summed E-state index contributed by atoms with van der Waals surface area (Å²) in [5.74, 6) is -0.264. The van der Waals surface area contributed by atoms with Gasteiger partial charge in [-0.2, -0.15) is 0 Å². The maximum atomic E-state index is 14.5. The van der Waals surface area contributed by atoms with Crippen LogP contribution in [0, 0.1) is 0 Å². The van der Waals surface area contributed by atoms with Gasteiger partial charge in [-0.1, -0.05) is 72.4 Å². The van der Waals surface area contributed by atoms with Crippen LogP contribution in [0.3, 0.4) is 0 Å². The van der Waals surface area contributed by atoms with Gasteiger partial charge in [0.15, 0.2) is 11.5 Å². The molecule has 9 nitrogen and oxygen atoms in total. The fraction of sp³-hybridized carbons (Fsp3) is 0.394. The lowest BCUT2D eigenvalue weighted by molar-refractivity contribution is -0.140. The van der Waals surface area contributed by atoms with Crippen LogP contribution in [0.5, 0.6) is 11.5 Å². The summed E-state index contributed by atoms with van der Waals surface area (Å²) < 4.78 is 39.3. The number of carbonyl (C=O) groups is 2. The van der Waals surface area contributed by atoms with E-state index >= 15 is 0 Å². The summed E-state index contributed by atoms with van der Waals surface area (Å²) in [6, 6.07) is 18.2. The van der Waals surface area contributed by atoms with Crippen molar-refractivity contribution in [3.63, 3.8) is 0 Å². The number of carbonyl (C=O) groups excluding carboxylic acids is 2. The van der Waals surface area contributed by atoms with Crippen molar-refractivity contribution in [3.05, 3.63) is 87.9 Å². The Bertz CT molecular complexity index is 1600. The Morgan fingerprint density at radius 2 is 1.60 bits per heavy atom. The molecule has 0 radical (unpaired) electrons. The smallest absolute Gasteiger partial charge is 0.244 e. The van der Waals surface area contributed by atoms with Crippen LogP contribution in [0.2, 0.25) is 10.0 Å². The highest BCUT2D eigenvalue weighted by Crippen LogP contribution is 2.35. The van der Waals surface area contributed by atoms with Crippen LogP contribution in [0.25, 0.3) is 0 Å². The van der Waals surface area contributed by atoms with Gasteiger partial charge in [-0.15, -0.1) is 0 Å². The molecule has 0 spiro atoms. The summed E-state index contributed by atoms with van der Waals surface area (Å²) in [6.07, 6.45) is 3.97. The van der Waals surface area contributed by atoms with Crippen LogP contribution >= 0.6 is 23.2 Å². The molecule has 2 aliphatic rings. The molecule has 1 heterocycles. The molecule has 0 unspecified atom stereocenters. The van der Waals surface area contributed by atoms with E-state index in [4.69, 9.17) is 32.7 Å². The number of sulfonamides is 1. The normalized spacial score (nSPS) is 15.4. The van der Waals surface area contributed by atoms with E-state index in [1.807, 2.05) is 30.3 Å². The molecule has 1 aliphatic carbocycles. The lowest BCUT2D eigenvalue weighted by atomic mass is 10.0. The molecule has 45 heavy (non-hydrogen) atoms. The number of benzene rings is 3. The van der Waals surface area contributed by atoms with Gasteiger partial charge in [0.25, 0.3) is 0 Å². The van der Waals surface area contributed by atoms with Gasteiger partial charge in [0.2, 0.25) is 21.8 Å². The van der Waals surface area contributed by atoms with Crippen LogP contribution < -0.4 is 19.1 Å². The predicted octanol–water partition coefficient (Wildman–Crippen LogP) is 5.62. The number of ether oxygens (including phenoxy) is 2.